The summed E-state index contributed by atoms with van der Waals surface area (Å²) in [6, 6.07) is 5.64. The third-order valence-electron chi connectivity index (χ3n) is 6.88. The summed E-state index contributed by atoms with van der Waals surface area (Å²) >= 11 is 0. The molecule has 0 N–H and O–H groups in total. The lowest BCUT2D eigenvalue weighted by Gasteiger charge is -2.43. The maximum Gasteiger partial charge on any atom is 0.276 e. The molecule has 1 saturated heterocycles. The number of ether oxygens (including phenoxy) is 2. The molecule has 2 fully saturated rings. The predicted octanol–water partition coefficient (Wildman–Crippen LogP) is 3.18. The average Bonchev–Trinajstić information content (AvgIpc) is 3.36. The van der Waals surface area contributed by atoms with Crippen molar-refractivity contribution in [3.05, 3.63) is 41.4 Å². The van der Waals surface area contributed by atoms with Gasteiger partial charge >= 0.3 is 0 Å². The lowest BCUT2D eigenvalue weighted by Crippen LogP contribution is -2.53. The van der Waals surface area contributed by atoms with E-state index in [9.17, 15) is 4.79 Å². The van der Waals surface area contributed by atoms with Crippen LogP contribution >= 0.6 is 0 Å². The summed E-state index contributed by atoms with van der Waals surface area (Å²) in [6.45, 7) is 0.676. The summed E-state index contributed by atoms with van der Waals surface area (Å²) in [5.74, 6) is 1.49. The van der Waals surface area contributed by atoms with Crippen molar-refractivity contribution in [2.75, 3.05) is 13.7 Å². The maximum absolute atomic E-state index is 13.5. The first-order chi connectivity index (χ1) is 14.2. The molecule has 154 valence electrons. The number of hydrogen-bond acceptors (Lipinski definition) is 6. The third-order valence-corrected chi connectivity index (χ3v) is 6.88. The Morgan fingerprint density at radius 2 is 2.17 bits per heavy atom. The van der Waals surface area contributed by atoms with E-state index in [-0.39, 0.29) is 23.7 Å². The van der Waals surface area contributed by atoms with Crippen LogP contribution in [0.4, 0.5) is 0 Å². The maximum atomic E-state index is 13.5. The molecule has 3 aliphatic rings. The van der Waals surface area contributed by atoms with Crippen molar-refractivity contribution in [1.29, 1.82) is 0 Å². The van der Waals surface area contributed by atoms with Crippen molar-refractivity contribution in [2.24, 2.45) is 0 Å². The lowest BCUT2D eigenvalue weighted by atomic mass is 9.79. The molecule has 2 aliphatic carbocycles. The molecule has 5 rings (SSSR count). The Balaban J connectivity index is 1.38. The topological polar surface area (TPSA) is 77.7 Å². The highest BCUT2D eigenvalue weighted by atomic mass is 16.5. The van der Waals surface area contributed by atoms with E-state index >= 15 is 0 Å². The number of likely N-dealkylation sites (tertiary alicyclic amines) is 1. The molecule has 1 amide bonds. The van der Waals surface area contributed by atoms with Crippen LogP contribution in [0.15, 0.2) is 28.9 Å². The van der Waals surface area contributed by atoms with Gasteiger partial charge in [0.05, 0.1) is 11.6 Å². The quantitative estimate of drug-likeness (QED) is 0.789. The van der Waals surface area contributed by atoms with Crippen molar-refractivity contribution in [3.8, 4) is 5.88 Å². The van der Waals surface area contributed by atoms with E-state index in [2.05, 4.69) is 10.1 Å². The van der Waals surface area contributed by atoms with Gasteiger partial charge in [-0.1, -0.05) is 11.2 Å². The SMILES string of the molecule is CO[C@@]12CC[C@H](Oc3ccccn3)C[C@@H]1N(C(=O)c1noc3c1CCCC3)CC2. The minimum Gasteiger partial charge on any atom is -0.474 e. The zero-order chi connectivity index (χ0) is 19.8. The molecule has 3 atom stereocenters. The number of pyridine rings is 1. The first-order valence-corrected chi connectivity index (χ1v) is 10.6. The molecule has 7 heteroatoms. The molecule has 2 aromatic heterocycles. The summed E-state index contributed by atoms with van der Waals surface area (Å²) in [5, 5.41) is 4.17. The molecule has 0 aromatic carbocycles. The number of aromatic nitrogens is 2. The molecule has 7 nitrogen and oxygen atoms in total. The van der Waals surface area contributed by atoms with Gasteiger partial charge in [0.2, 0.25) is 5.88 Å². The number of methoxy groups -OCH3 is 1. The summed E-state index contributed by atoms with van der Waals surface area (Å²) < 4.78 is 17.6. The highest BCUT2D eigenvalue weighted by molar-refractivity contribution is 5.94. The molecule has 29 heavy (non-hydrogen) atoms. The van der Waals surface area contributed by atoms with Crippen LogP contribution in [0.2, 0.25) is 0 Å². The highest BCUT2D eigenvalue weighted by Crippen LogP contribution is 2.44. The molecule has 1 aliphatic heterocycles. The van der Waals surface area contributed by atoms with Crippen LogP contribution in [0, 0.1) is 0 Å². The number of hydrogen-bond donors (Lipinski definition) is 0. The van der Waals surface area contributed by atoms with E-state index < -0.39 is 0 Å². The van der Waals surface area contributed by atoms with Gasteiger partial charge in [-0.05, 0) is 44.6 Å². The van der Waals surface area contributed by atoms with Gasteiger partial charge in [0.25, 0.3) is 5.91 Å². The minimum absolute atomic E-state index is 0.0119. The lowest BCUT2D eigenvalue weighted by molar-refractivity contribution is -0.0789. The Labute approximate surface area is 170 Å². The van der Waals surface area contributed by atoms with Crippen LogP contribution in [-0.4, -0.2) is 52.3 Å². The summed E-state index contributed by atoms with van der Waals surface area (Å²) in [7, 11) is 1.76. The Hall–Kier alpha value is -2.41. The standard InChI is InChI=1S/C22H27N3O4/c1-27-22-10-9-15(28-19-8-4-5-12-23-19)14-18(22)25(13-11-22)21(26)20-16-6-2-3-7-17(16)29-24-20/h4-5,8,12,15,18H,2-3,6-7,9-11,13-14H2,1H3/t15-,18-,22+/m0/s1. The normalized spacial score (nSPS) is 28.7. The van der Waals surface area contributed by atoms with Crippen LogP contribution in [0.5, 0.6) is 5.88 Å². The fourth-order valence-electron chi connectivity index (χ4n) is 5.29. The number of aryl methyl sites for hydroxylation is 1. The zero-order valence-corrected chi connectivity index (χ0v) is 16.8. The molecule has 0 bridgehead atoms. The zero-order valence-electron chi connectivity index (χ0n) is 16.8. The smallest absolute Gasteiger partial charge is 0.276 e. The highest BCUT2D eigenvalue weighted by Gasteiger charge is 2.53. The minimum atomic E-state index is -0.302. The molecule has 0 unspecified atom stereocenters. The van der Waals surface area contributed by atoms with Gasteiger partial charge in [0, 0.05) is 44.3 Å². The molecular weight excluding hydrogens is 370 g/mol. The molecule has 0 spiro atoms. The Morgan fingerprint density at radius 1 is 1.28 bits per heavy atom. The van der Waals surface area contributed by atoms with Gasteiger partial charge in [-0.15, -0.1) is 0 Å². The van der Waals surface area contributed by atoms with Crippen molar-refractivity contribution < 1.29 is 18.8 Å². The van der Waals surface area contributed by atoms with Crippen LogP contribution in [-0.2, 0) is 17.6 Å². The second-order valence-corrected chi connectivity index (χ2v) is 8.36. The molecule has 0 radical (unpaired) electrons. The van der Waals surface area contributed by atoms with Crippen LogP contribution in [0.25, 0.3) is 0 Å². The van der Waals surface area contributed by atoms with E-state index in [0.29, 0.717) is 18.1 Å². The van der Waals surface area contributed by atoms with E-state index in [4.69, 9.17) is 14.0 Å². The fourth-order valence-corrected chi connectivity index (χ4v) is 5.29. The van der Waals surface area contributed by atoms with E-state index in [1.54, 1.807) is 13.3 Å². The molecule has 3 heterocycles. The third kappa shape index (κ3) is 3.21. The van der Waals surface area contributed by atoms with Crippen molar-refractivity contribution in [1.82, 2.24) is 15.0 Å². The second kappa shape index (κ2) is 7.44. The Bertz CT molecular complexity index is 883. The number of carbonyl (C=O) groups is 1. The first-order valence-electron chi connectivity index (χ1n) is 10.6. The summed E-state index contributed by atoms with van der Waals surface area (Å²) in [5.41, 5.74) is 1.20. The fraction of sp³-hybridized carbons (Fsp3) is 0.591. The van der Waals surface area contributed by atoms with Crippen molar-refractivity contribution in [3.63, 3.8) is 0 Å². The van der Waals surface area contributed by atoms with E-state index in [1.807, 2.05) is 23.1 Å². The largest absolute Gasteiger partial charge is 0.474 e. The summed E-state index contributed by atoms with van der Waals surface area (Å²) in [4.78, 5) is 19.7. The van der Waals surface area contributed by atoms with Crippen LogP contribution in [0.3, 0.4) is 0 Å². The van der Waals surface area contributed by atoms with Gasteiger partial charge in [0.1, 0.15) is 11.9 Å². The number of fused-ring (bicyclic) bond motifs is 2. The number of carbonyl (C=O) groups excluding carboxylic acids is 1. The molecular formula is C22H27N3O4. The predicted molar refractivity (Wildman–Crippen MR) is 105 cm³/mol. The van der Waals surface area contributed by atoms with Gasteiger partial charge in [-0.25, -0.2) is 4.98 Å². The van der Waals surface area contributed by atoms with Gasteiger partial charge < -0.3 is 18.9 Å². The number of amides is 1. The number of rotatable bonds is 4. The monoisotopic (exact) mass is 397 g/mol. The van der Waals surface area contributed by atoms with Crippen molar-refractivity contribution in [2.45, 2.75) is 69.1 Å². The molecule has 2 aromatic rings. The number of nitrogens with zero attached hydrogens (tertiary/aromatic N) is 3. The van der Waals surface area contributed by atoms with Gasteiger partial charge in [-0.2, -0.15) is 0 Å². The Kier molecular flexibility index (Phi) is 4.78. The summed E-state index contributed by atoms with van der Waals surface area (Å²) in [6.07, 6.45) is 9.01. The average molecular weight is 397 g/mol. The van der Waals surface area contributed by atoms with Crippen molar-refractivity contribution >= 4 is 5.91 Å². The van der Waals surface area contributed by atoms with Gasteiger partial charge in [0.15, 0.2) is 5.69 Å². The van der Waals surface area contributed by atoms with Gasteiger partial charge in [-0.3, -0.25) is 4.79 Å². The molecule has 1 saturated carbocycles. The van der Waals surface area contributed by atoms with Crippen LogP contribution < -0.4 is 4.74 Å². The van der Waals surface area contributed by atoms with Crippen LogP contribution in [0.1, 0.15) is 60.3 Å². The second-order valence-electron chi connectivity index (χ2n) is 8.36. The Morgan fingerprint density at radius 3 is 3.00 bits per heavy atom. The first kappa shape index (κ1) is 18.6. The van der Waals surface area contributed by atoms with E-state index in [1.165, 1.54) is 0 Å². The van der Waals surface area contributed by atoms with E-state index in [0.717, 1.165) is 62.7 Å².